The Bertz CT molecular complexity index is 660. The van der Waals surface area contributed by atoms with Crippen LogP contribution < -0.4 is 10.6 Å². The second-order valence-electron chi connectivity index (χ2n) is 4.87. The molecule has 1 atom stereocenters. The topological polar surface area (TPSA) is 125 Å². The zero-order chi connectivity index (χ0) is 19.0. The second kappa shape index (κ2) is 9.26. The van der Waals surface area contributed by atoms with E-state index < -0.39 is 30.0 Å². The number of methoxy groups -OCH3 is 3. The van der Waals surface area contributed by atoms with Crippen LogP contribution in [0.5, 0.6) is 0 Å². The number of urea groups is 1. The Labute approximate surface area is 144 Å². The van der Waals surface area contributed by atoms with Crippen LogP contribution in [0.15, 0.2) is 24.3 Å². The van der Waals surface area contributed by atoms with Gasteiger partial charge in [-0.05, 0) is 18.6 Å². The third-order valence-corrected chi connectivity index (χ3v) is 3.44. The zero-order valence-electron chi connectivity index (χ0n) is 14.2. The van der Waals surface area contributed by atoms with E-state index in [9.17, 15) is 19.2 Å². The molecular formula is C16H20N2O7. The van der Waals surface area contributed by atoms with Gasteiger partial charge in [-0.25, -0.2) is 14.4 Å². The number of hydrogen-bond donors (Lipinski definition) is 1. The number of amides is 2. The Kier molecular flexibility index (Phi) is 7.39. The van der Waals surface area contributed by atoms with E-state index in [0.717, 1.165) is 12.0 Å². The zero-order valence-corrected chi connectivity index (χ0v) is 14.2. The molecule has 9 heteroatoms. The summed E-state index contributed by atoms with van der Waals surface area (Å²) in [6.45, 7) is 0. The van der Waals surface area contributed by atoms with Crippen molar-refractivity contribution in [3.63, 3.8) is 0 Å². The standard InChI is InChI=1S/C16H20N2O7/c1-23-13(19)9-8-12(15(21)25-3)18(16(17)22)11-7-5-4-6-10(11)14(20)24-2/h4-7,12H,8-9H2,1-3H3,(H2,17,22)/t12-/m0/s1. The van der Waals surface area contributed by atoms with E-state index in [0.29, 0.717) is 0 Å². The van der Waals surface area contributed by atoms with Gasteiger partial charge in [0.25, 0.3) is 0 Å². The Hall–Kier alpha value is -3.10. The first-order valence-electron chi connectivity index (χ1n) is 7.28. The molecular weight excluding hydrogens is 332 g/mol. The Morgan fingerprint density at radius 2 is 1.68 bits per heavy atom. The van der Waals surface area contributed by atoms with Crippen molar-refractivity contribution in [2.45, 2.75) is 18.9 Å². The summed E-state index contributed by atoms with van der Waals surface area (Å²) in [5.74, 6) is -2.07. The number of primary amides is 1. The predicted molar refractivity (Wildman–Crippen MR) is 86.9 cm³/mol. The normalized spacial score (nSPS) is 11.2. The number of rotatable bonds is 7. The molecule has 25 heavy (non-hydrogen) atoms. The average molecular weight is 352 g/mol. The maximum Gasteiger partial charge on any atom is 0.339 e. The SMILES string of the molecule is COC(=O)CC[C@@H](C(=O)OC)N(C(N)=O)c1ccccc1C(=O)OC. The highest BCUT2D eigenvalue weighted by atomic mass is 16.5. The molecule has 0 aliphatic carbocycles. The van der Waals surface area contributed by atoms with Crippen molar-refractivity contribution in [1.29, 1.82) is 0 Å². The fraction of sp³-hybridized carbons (Fsp3) is 0.375. The molecule has 9 nitrogen and oxygen atoms in total. The molecule has 1 aromatic rings. The number of nitrogens with zero attached hydrogens (tertiary/aromatic N) is 1. The fourth-order valence-electron chi connectivity index (χ4n) is 2.25. The van der Waals surface area contributed by atoms with Crippen molar-refractivity contribution in [3.05, 3.63) is 29.8 Å². The van der Waals surface area contributed by atoms with E-state index >= 15 is 0 Å². The van der Waals surface area contributed by atoms with Gasteiger partial charge in [-0.3, -0.25) is 9.69 Å². The predicted octanol–water partition coefficient (Wildman–Crippen LogP) is 0.853. The number of carbonyl (C=O) groups is 4. The van der Waals surface area contributed by atoms with Crippen molar-refractivity contribution in [2.24, 2.45) is 5.73 Å². The summed E-state index contributed by atoms with van der Waals surface area (Å²) in [6, 6.07) is 3.78. The van der Waals surface area contributed by atoms with Crippen LogP contribution in [0.2, 0.25) is 0 Å². The van der Waals surface area contributed by atoms with Crippen LogP contribution in [-0.2, 0) is 23.8 Å². The van der Waals surface area contributed by atoms with Crippen LogP contribution in [0.25, 0.3) is 0 Å². The highest BCUT2D eigenvalue weighted by Crippen LogP contribution is 2.25. The first kappa shape index (κ1) is 19.9. The largest absolute Gasteiger partial charge is 0.469 e. The van der Waals surface area contributed by atoms with Gasteiger partial charge in [0.2, 0.25) is 0 Å². The van der Waals surface area contributed by atoms with Crippen LogP contribution in [0, 0.1) is 0 Å². The first-order valence-corrected chi connectivity index (χ1v) is 7.28. The van der Waals surface area contributed by atoms with Crippen molar-refractivity contribution in [1.82, 2.24) is 0 Å². The molecule has 0 spiro atoms. The first-order chi connectivity index (χ1) is 11.9. The summed E-state index contributed by atoms with van der Waals surface area (Å²) in [5.41, 5.74) is 5.53. The maximum atomic E-state index is 12.1. The van der Waals surface area contributed by atoms with Crippen molar-refractivity contribution in [2.75, 3.05) is 26.2 Å². The Morgan fingerprint density at radius 1 is 1.04 bits per heavy atom. The second-order valence-corrected chi connectivity index (χ2v) is 4.87. The van der Waals surface area contributed by atoms with E-state index in [-0.39, 0.29) is 24.1 Å². The lowest BCUT2D eigenvalue weighted by Gasteiger charge is -2.29. The summed E-state index contributed by atoms with van der Waals surface area (Å²) < 4.78 is 13.9. The molecule has 0 radical (unpaired) electrons. The van der Waals surface area contributed by atoms with Gasteiger partial charge in [-0.2, -0.15) is 0 Å². The summed E-state index contributed by atoms with van der Waals surface area (Å²) in [5, 5.41) is 0. The van der Waals surface area contributed by atoms with Gasteiger partial charge in [-0.15, -0.1) is 0 Å². The number of nitrogens with two attached hydrogens (primary N) is 1. The van der Waals surface area contributed by atoms with Gasteiger partial charge in [0.05, 0.1) is 32.6 Å². The van der Waals surface area contributed by atoms with Crippen LogP contribution in [0.3, 0.4) is 0 Å². The van der Waals surface area contributed by atoms with E-state index in [2.05, 4.69) is 9.47 Å². The fourth-order valence-corrected chi connectivity index (χ4v) is 2.25. The van der Waals surface area contributed by atoms with E-state index in [4.69, 9.17) is 10.5 Å². The third-order valence-electron chi connectivity index (χ3n) is 3.44. The van der Waals surface area contributed by atoms with Crippen molar-refractivity contribution in [3.8, 4) is 0 Å². The summed E-state index contributed by atoms with van der Waals surface area (Å²) in [7, 11) is 3.52. The molecule has 0 aliphatic heterocycles. The highest BCUT2D eigenvalue weighted by Gasteiger charge is 2.33. The molecule has 1 rings (SSSR count). The minimum absolute atomic E-state index is 0.0378. The van der Waals surface area contributed by atoms with Gasteiger partial charge >= 0.3 is 23.9 Å². The van der Waals surface area contributed by atoms with Crippen LogP contribution >= 0.6 is 0 Å². The monoisotopic (exact) mass is 352 g/mol. The molecule has 1 aromatic carbocycles. The van der Waals surface area contributed by atoms with Gasteiger partial charge in [0.15, 0.2) is 0 Å². The van der Waals surface area contributed by atoms with E-state index in [1.54, 1.807) is 12.1 Å². The van der Waals surface area contributed by atoms with E-state index in [1.807, 2.05) is 0 Å². The summed E-state index contributed by atoms with van der Waals surface area (Å²) >= 11 is 0. The van der Waals surface area contributed by atoms with Gasteiger partial charge < -0.3 is 19.9 Å². The Morgan fingerprint density at radius 3 is 2.20 bits per heavy atom. The quantitative estimate of drug-likeness (QED) is 0.569. The molecule has 0 heterocycles. The maximum absolute atomic E-state index is 12.1. The number of benzene rings is 1. The molecule has 0 fully saturated rings. The lowest BCUT2D eigenvalue weighted by molar-refractivity contribution is -0.143. The van der Waals surface area contributed by atoms with Gasteiger partial charge in [0, 0.05) is 6.42 Å². The van der Waals surface area contributed by atoms with Crippen LogP contribution in [-0.4, -0.2) is 51.3 Å². The minimum atomic E-state index is -1.22. The van der Waals surface area contributed by atoms with Gasteiger partial charge in [0.1, 0.15) is 6.04 Å². The minimum Gasteiger partial charge on any atom is -0.469 e. The van der Waals surface area contributed by atoms with Gasteiger partial charge in [-0.1, -0.05) is 12.1 Å². The molecule has 136 valence electrons. The number of ether oxygens (including phenoxy) is 3. The van der Waals surface area contributed by atoms with E-state index in [1.165, 1.54) is 26.4 Å². The molecule has 0 saturated carbocycles. The smallest absolute Gasteiger partial charge is 0.339 e. The summed E-state index contributed by atoms with van der Waals surface area (Å²) in [6.07, 6.45) is -0.252. The summed E-state index contributed by atoms with van der Waals surface area (Å²) in [4.78, 5) is 48.4. The molecule has 0 bridgehead atoms. The molecule has 2 N–H and O–H groups in total. The average Bonchev–Trinajstić information content (AvgIpc) is 2.63. The van der Waals surface area contributed by atoms with Crippen LogP contribution in [0.1, 0.15) is 23.2 Å². The molecule has 2 amide bonds. The number of carbonyl (C=O) groups excluding carboxylic acids is 4. The lowest BCUT2D eigenvalue weighted by Crippen LogP contribution is -2.49. The van der Waals surface area contributed by atoms with Crippen LogP contribution in [0.4, 0.5) is 10.5 Å². The number of anilines is 1. The number of hydrogen-bond acceptors (Lipinski definition) is 7. The highest BCUT2D eigenvalue weighted by molar-refractivity contribution is 6.04. The third kappa shape index (κ3) is 4.93. The molecule has 0 unspecified atom stereocenters. The number of esters is 3. The molecule has 0 aromatic heterocycles. The Balaban J connectivity index is 3.35. The van der Waals surface area contributed by atoms with Crippen molar-refractivity contribution < 1.29 is 33.4 Å². The molecule has 0 aliphatic rings. The molecule has 0 saturated heterocycles. The lowest BCUT2D eigenvalue weighted by atomic mass is 10.1. The van der Waals surface area contributed by atoms with Crippen molar-refractivity contribution >= 4 is 29.6 Å². The number of para-hydroxylation sites is 1.